The van der Waals surface area contributed by atoms with E-state index in [2.05, 4.69) is 10.3 Å². The van der Waals surface area contributed by atoms with Crippen LogP contribution < -0.4 is 11.1 Å². The Kier molecular flexibility index (Phi) is 7.92. The summed E-state index contributed by atoms with van der Waals surface area (Å²) >= 11 is 0. The van der Waals surface area contributed by atoms with Crippen molar-refractivity contribution in [1.29, 1.82) is 0 Å². The zero-order valence-corrected chi connectivity index (χ0v) is 17.4. The number of benzene rings is 1. The molecule has 0 saturated carbocycles. The molecule has 3 rings (SSSR count). The summed E-state index contributed by atoms with van der Waals surface area (Å²) in [5.74, 6) is -0.769. The Bertz CT molecular complexity index is 907. The number of piperidine rings is 1. The Labute approximate surface area is 182 Å². The molecule has 7 nitrogen and oxygen atoms in total. The number of rotatable bonds is 8. The average molecular weight is 421 g/mol. The van der Waals surface area contributed by atoms with Gasteiger partial charge in [0.2, 0.25) is 17.7 Å². The van der Waals surface area contributed by atoms with Crippen molar-refractivity contribution in [3.63, 3.8) is 0 Å². The molecule has 1 unspecified atom stereocenters. The SMILES string of the molecule is NC(=O)CC(Cc1ccccc1)NC(=O)C1CCN(C(=O)/C=C/c2ccncc2)CC1. The number of amides is 3. The van der Waals surface area contributed by atoms with Crippen molar-refractivity contribution in [3.8, 4) is 0 Å². The van der Waals surface area contributed by atoms with Crippen LogP contribution in [0.5, 0.6) is 0 Å². The third kappa shape index (κ3) is 7.06. The summed E-state index contributed by atoms with van der Waals surface area (Å²) in [5.41, 5.74) is 7.33. The second kappa shape index (κ2) is 11.1. The molecular formula is C24H28N4O3. The number of aromatic nitrogens is 1. The summed E-state index contributed by atoms with van der Waals surface area (Å²) in [7, 11) is 0. The molecule has 1 atom stereocenters. The molecule has 1 aliphatic rings. The van der Waals surface area contributed by atoms with Gasteiger partial charge in [0.1, 0.15) is 0 Å². The van der Waals surface area contributed by atoms with Gasteiger partial charge in [-0.3, -0.25) is 19.4 Å². The quantitative estimate of drug-likeness (QED) is 0.637. The lowest BCUT2D eigenvalue weighted by Gasteiger charge is -2.31. The van der Waals surface area contributed by atoms with Gasteiger partial charge in [-0.1, -0.05) is 30.3 Å². The zero-order valence-electron chi connectivity index (χ0n) is 17.4. The number of nitrogens with one attached hydrogen (secondary N) is 1. The van der Waals surface area contributed by atoms with E-state index >= 15 is 0 Å². The summed E-state index contributed by atoms with van der Waals surface area (Å²) in [6.07, 6.45) is 8.50. The minimum absolute atomic E-state index is 0.0636. The van der Waals surface area contributed by atoms with Crippen LogP contribution in [0, 0.1) is 5.92 Å². The van der Waals surface area contributed by atoms with E-state index in [9.17, 15) is 14.4 Å². The molecule has 1 aromatic heterocycles. The third-order valence-corrected chi connectivity index (χ3v) is 5.42. The highest BCUT2D eigenvalue weighted by molar-refractivity contribution is 5.92. The van der Waals surface area contributed by atoms with Gasteiger partial charge >= 0.3 is 0 Å². The van der Waals surface area contributed by atoms with E-state index in [0.29, 0.717) is 32.4 Å². The van der Waals surface area contributed by atoms with Gasteiger partial charge in [-0.25, -0.2) is 0 Å². The fourth-order valence-corrected chi connectivity index (χ4v) is 3.74. The van der Waals surface area contributed by atoms with Crippen LogP contribution in [0.1, 0.15) is 30.4 Å². The summed E-state index contributed by atoms with van der Waals surface area (Å²) in [4.78, 5) is 42.4. The molecule has 7 heteroatoms. The van der Waals surface area contributed by atoms with Gasteiger partial charge in [0.25, 0.3) is 0 Å². The summed E-state index contributed by atoms with van der Waals surface area (Å²) in [5, 5.41) is 2.99. The normalized spacial score (nSPS) is 15.5. The molecule has 1 aromatic carbocycles. The van der Waals surface area contributed by atoms with Crippen molar-refractivity contribution in [1.82, 2.24) is 15.2 Å². The van der Waals surface area contributed by atoms with E-state index in [4.69, 9.17) is 5.73 Å². The van der Waals surface area contributed by atoms with Crippen LogP contribution in [0.25, 0.3) is 6.08 Å². The van der Waals surface area contributed by atoms with Gasteiger partial charge in [0.15, 0.2) is 0 Å². The number of likely N-dealkylation sites (tertiary alicyclic amines) is 1. The van der Waals surface area contributed by atoms with Crippen LogP contribution >= 0.6 is 0 Å². The number of hydrogen-bond donors (Lipinski definition) is 2. The molecular weight excluding hydrogens is 392 g/mol. The lowest BCUT2D eigenvalue weighted by molar-refractivity contribution is -0.132. The van der Waals surface area contributed by atoms with E-state index in [0.717, 1.165) is 11.1 Å². The highest BCUT2D eigenvalue weighted by atomic mass is 16.2. The number of hydrogen-bond acceptors (Lipinski definition) is 4. The first kappa shape index (κ1) is 22.2. The largest absolute Gasteiger partial charge is 0.370 e. The first-order valence-corrected chi connectivity index (χ1v) is 10.5. The molecule has 162 valence electrons. The molecule has 3 amide bonds. The maximum absolute atomic E-state index is 12.8. The Balaban J connectivity index is 1.50. The summed E-state index contributed by atoms with van der Waals surface area (Å²) in [6, 6.07) is 13.0. The molecule has 2 heterocycles. The topological polar surface area (TPSA) is 105 Å². The first-order valence-electron chi connectivity index (χ1n) is 10.5. The summed E-state index contributed by atoms with van der Waals surface area (Å²) < 4.78 is 0. The highest BCUT2D eigenvalue weighted by Gasteiger charge is 2.28. The molecule has 0 aliphatic carbocycles. The molecule has 0 bridgehead atoms. The van der Waals surface area contributed by atoms with Crippen molar-refractivity contribution >= 4 is 23.8 Å². The van der Waals surface area contributed by atoms with E-state index < -0.39 is 5.91 Å². The molecule has 1 aliphatic heterocycles. The van der Waals surface area contributed by atoms with Gasteiger partial charge in [-0.05, 0) is 48.6 Å². The standard InChI is InChI=1S/C24H28N4O3/c25-22(29)17-21(16-19-4-2-1-3-5-19)27-24(31)20-10-14-28(15-11-20)23(30)7-6-18-8-12-26-13-9-18/h1-9,12-13,20-21H,10-11,14-17H2,(H2,25,29)(H,27,31)/b7-6+. The molecule has 2 aromatic rings. The number of pyridine rings is 1. The minimum atomic E-state index is -0.442. The Morgan fingerprint density at radius 1 is 1.10 bits per heavy atom. The molecule has 31 heavy (non-hydrogen) atoms. The molecule has 3 N–H and O–H groups in total. The zero-order chi connectivity index (χ0) is 22.1. The average Bonchev–Trinajstić information content (AvgIpc) is 2.78. The van der Waals surface area contributed by atoms with Crippen LogP contribution in [-0.4, -0.2) is 46.7 Å². The molecule has 0 radical (unpaired) electrons. The van der Waals surface area contributed by atoms with Gasteiger partial charge in [0, 0.05) is 49.9 Å². The van der Waals surface area contributed by atoms with Crippen LogP contribution in [-0.2, 0) is 20.8 Å². The van der Waals surface area contributed by atoms with Gasteiger partial charge < -0.3 is 16.0 Å². The van der Waals surface area contributed by atoms with Gasteiger partial charge in [0.05, 0.1) is 0 Å². The van der Waals surface area contributed by atoms with Crippen molar-refractivity contribution in [2.24, 2.45) is 11.7 Å². The van der Waals surface area contributed by atoms with Crippen molar-refractivity contribution in [3.05, 3.63) is 72.1 Å². The lowest BCUT2D eigenvalue weighted by atomic mass is 9.94. The van der Waals surface area contributed by atoms with Crippen molar-refractivity contribution < 1.29 is 14.4 Å². The van der Waals surface area contributed by atoms with E-state index in [-0.39, 0.29) is 30.2 Å². The lowest BCUT2D eigenvalue weighted by Crippen LogP contribution is -2.46. The maximum atomic E-state index is 12.8. The summed E-state index contributed by atoms with van der Waals surface area (Å²) in [6.45, 7) is 1.05. The Morgan fingerprint density at radius 2 is 1.77 bits per heavy atom. The minimum Gasteiger partial charge on any atom is -0.370 e. The predicted molar refractivity (Wildman–Crippen MR) is 118 cm³/mol. The van der Waals surface area contributed by atoms with E-state index in [1.165, 1.54) is 0 Å². The first-order chi connectivity index (χ1) is 15.0. The van der Waals surface area contributed by atoms with Crippen LogP contribution in [0.4, 0.5) is 0 Å². The van der Waals surface area contributed by atoms with Crippen molar-refractivity contribution in [2.45, 2.75) is 31.7 Å². The second-order valence-corrected chi connectivity index (χ2v) is 7.78. The highest BCUT2D eigenvalue weighted by Crippen LogP contribution is 2.19. The molecule has 1 saturated heterocycles. The van der Waals surface area contributed by atoms with E-state index in [1.54, 1.807) is 29.4 Å². The van der Waals surface area contributed by atoms with Gasteiger partial charge in [-0.15, -0.1) is 0 Å². The van der Waals surface area contributed by atoms with Crippen LogP contribution in [0.2, 0.25) is 0 Å². The number of carbonyl (C=O) groups is 3. The molecule has 1 fully saturated rings. The Hall–Kier alpha value is -3.48. The number of carbonyl (C=O) groups excluding carboxylic acids is 3. The van der Waals surface area contributed by atoms with Crippen molar-refractivity contribution in [2.75, 3.05) is 13.1 Å². The fraction of sp³-hybridized carbons (Fsp3) is 0.333. The van der Waals surface area contributed by atoms with Crippen LogP contribution in [0.15, 0.2) is 60.9 Å². The van der Waals surface area contributed by atoms with E-state index in [1.807, 2.05) is 42.5 Å². The number of primary amides is 1. The predicted octanol–water partition coefficient (Wildman–Crippen LogP) is 1.94. The fourth-order valence-electron chi connectivity index (χ4n) is 3.74. The molecule has 0 spiro atoms. The maximum Gasteiger partial charge on any atom is 0.246 e. The second-order valence-electron chi connectivity index (χ2n) is 7.78. The number of nitrogens with zero attached hydrogens (tertiary/aromatic N) is 2. The van der Waals surface area contributed by atoms with Crippen LogP contribution in [0.3, 0.4) is 0 Å². The number of nitrogens with two attached hydrogens (primary N) is 1. The smallest absolute Gasteiger partial charge is 0.246 e. The Morgan fingerprint density at radius 3 is 2.42 bits per heavy atom. The third-order valence-electron chi connectivity index (χ3n) is 5.42. The van der Waals surface area contributed by atoms with Gasteiger partial charge in [-0.2, -0.15) is 0 Å². The monoisotopic (exact) mass is 420 g/mol.